The van der Waals surface area contributed by atoms with Gasteiger partial charge in [-0.25, -0.2) is 9.97 Å². The van der Waals surface area contributed by atoms with E-state index in [-0.39, 0.29) is 0 Å². The molecule has 3 aromatic rings. The molecular weight excluding hydrogens is 400 g/mol. The van der Waals surface area contributed by atoms with E-state index in [0.29, 0.717) is 5.92 Å². The first kappa shape index (κ1) is 22.3. The molecule has 1 fully saturated rings. The van der Waals surface area contributed by atoms with Crippen LogP contribution < -0.4 is 9.64 Å². The van der Waals surface area contributed by atoms with Gasteiger partial charge in [-0.15, -0.1) is 0 Å². The van der Waals surface area contributed by atoms with Crippen LogP contribution in [0.5, 0.6) is 5.75 Å². The van der Waals surface area contributed by atoms with Gasteiger partial charge in [-0.3, -0.25) is 9.58 Å². The zero-order valence-corrected chi connectivity index (χ0v) is 20.1. The van der Waals surface area contributed by atoms with E-state index in [2.05, 4.69) is 47.5 Å². The Labute approximate surface area is 191 Å². The number of aromatic nitrogens is 4. The molecule has 1 aromatic carbocycles. The van der Waals surface area contributed by atoms with Gasteiger partial charge in [0.05, 0.1) is 18.5 Å². The summed E-state index contributed by atoms with van der Waals surface area (Å²) in [6.07, 6.45) is 3.06. The molecule has 1 atom stereocenters. The van der Waals surface area contributed by atoms with E-state index < -0.39 is 0 Å². The molecule has 1 aliphatic heterocycles. The monoisotopic (exact) mass is 434 g/mol. The molecule has 7 heteroatoms. The number of benzene rings is 1. The van der Waals surface area contributed by atoms with Crippen molar-refractivity contribution >= 4 is 5.95 Å². The Morgan fingerprint density at radius 3 is 2.53 bits per heavy atom. The van der Waals surface area contributed by atoms with Crippen LogP contribution in [0.3, 0.4) is 0 Å². The van der Waals surface area contributed by atoms with Crippen molar-refractivity contribution in [3.05, 3.63) is 53.1 Å². The van der Waals surface area contributed by atoms with Crippen LogP contribution in [0, 0.1) is 13.8 Å². The van der Waals surface area contributed by atoms with E-state index in [9.17, 15) is 0 Å². The van der Waals surface area contributed by atoms with Gasteiger partial charge in [-0.05, 0) is 51.4 Å². The maximum atomic E-state index is 5.33. The Morgan fingerprint density at radius 1 is 1.16 bits per heavy atom. The molecule has 7 nitrogen and oxygen atoms in total. The second-order valence-corrected chi connectivity index (χ2v) is 8.78. The number of hydrogen-bond acceptors (Lipinski definition) is 6. The highest BCUT2D eigenvalue weighted by Gasteiger charge is 2.29. The van der Waals surface area contributed by atoms with Crippen LogP contribution in [0.25, 0.3) is 11.1 Å². The molecule has 0 radical (unpaired) electrons. The number of hydrogen-bond donors (Lipinski definition) is 0. The van der Waals surface area contributed by atoms with Gasteiger partial charge < -0.3 is 9.64 Å². The van der Waals surface area contributed by atoms with Gasteiger partial charge in [0.15, 0.2) is 0 Å². The first-order valence-corrected chi connectivity index (χ1v) is 11.3. The highest BCUT2D eigenvalue weighted by atomic mass is 16.5. The van der Waals surface area contributed by atoms with Crippen molar-refractivity contribution in [2.45, 2.75) is 46.2 Å². The van der Waals surface area contributed by atoms with E-state index >= 15 is 0 Å². The van der Waals surface area contributed by atoms with Gasteiger partial charge in [0.25, 0.3) is 0 Å². The minimum absolute atomic E-state index is 0.371. The van der Waals surface area contributed by atoms with Crippen LogP contribution in [0.1, 0.15) is 41.9 Å². The lowest BCUT2D eigenvalue weighted by molar-refractivity contribution is 0.325. The normalized spacial score (nSPS) is 16.5. The van der Waals surface area contributed by atoms with E-state index in [1.807, 2.05) is 37.3 Å². The molecule has 0 amide bonds. The molecule has 32 heavy (non-hydrogen) atoms. The first-order valence-electron chi connectivity index (χ1n) is 11.3. The Balaban J connectivity index is 1.61. The number of likely N-dealkylation sites (tertiary alicyclic amines) is 1. The van der Waals surface area contributed by atoms with Gasteiger partial charge in [-0.2, -0.15) is 5.10 Å². The lowest BCUT2D eigenvalue weighted by Crippen LogP contribution is -2.21. The number of anilines is 1. The molecule has 0 aliphatic carbocycles. The summed E-state index contributed by atoms with van der Waals surface area (Å²) in [5.74, 6) is 1.98. The minimum atomic E-state index is 0.371. The number of rotatable bonds is 7. The fourth-order valence-electron chi connectivity index (χ4n) is 4.60. The van der Waals surface area contributed by atoms with Crippen LogP contribution in [-0.2, 0) is 13.1 Å². The average Bonchev–Trinajstić information content (AvgIpc) is 3.38. The third-order valence-corrected chi connectivity index (χ3v) is 6.48. The first-order chi connectivity index (χ1) is 15.4. The summed E-state index contributed by atoms with van der Waals surface area (Å²) < 4.78 is 7.44. The number of nitrogens with zero attached hydrogens (tertiary/aromatic N) is 6. The van der Waals surface area contributed by atoms with Gasteiger partial charge in [-0.1, -0.05) is 12.1 Å². The number of ether oxygens (including phenoxy) is 1. The summed E-state index contributed by atoms with van der Waals surface area (Å²) in [5, 5.41) is 4.70. The Bertz CT molecular complexity index is 1070. The summed E-state index contributed by atoms with van der Waals surface area (Å²) in [6, 6.07) is 8.18. The lowest BCUT2D eigenvalue weighted by atomic mass is 9.96. The smallest absolute Gasteiger partial charge is 0.225 e. The second kappa shape index (κ2) is 9.28. The molecule has 0 bridgehead atoms. The Morgan fingerprint density at radius 2 is 1.91 bits per heavy atom. The van der Waals surface area contributed by atoms with E-state index in [1.54, 1.807) is 7.11 Å². The van der Waals surface area contributed by atoms with Crippen molar-refractivity contribution in [3.8, 4) is 16.9 Å². The highest BCUT2D eigenvalue weighted by molar-refractivity contribution is 5.67. The largest absolute Gasteiger partial charge is 0.497 e. The zero-order valence-electron chi connectivity index (χ0n) is 20.1. The SMILES string of the molecule is CCn1nc(C)c(CN2CCC(c3nc(N(C)C)ncc3-c3ccc(OC)cc3)C2)c1C. The number of methoxy groups -OCH3 is 1. The lowest BCUT2D eigenvalue weighted by Gasteiger charge is -2.20. The van der Waals surface area contributed by atoms with Crippen LogP contribution in [0.4, 0.5) is 5.95 Å². The molecule has 2 aromatic heterocycles. The van der Waals surface area contributed by atoms with E-state index in [4.69, 9.17) is 14.8 Å². The molecule has 0 N–H and O–H groups in total. The molecule has 1 unspecified atom stereocenters. The topological polar surface area (TPSA) is 59.3 Å². The van der Waals surface area contributed by atoms with Crippen LogP contribution in [-0.4, -0.2) is 58.9 Å². The summed E-state index contributed by atoms with van der Waals surface area (Å²) in [5.41, 5.74) is 7.15. The molecule has 0 saturated carbocycles. The van der Waals surface area contributed by atoms with Crippen molar-refractivity contribution in [2.75, 3.05) is 39.2 Å². The molecule has 0 spiro atoms. The number of aryl methyl sites for hydroxylation is 2. The van der Waals surface area contributed by atoms with Gasteiger partial charge in [0.2, 0.25) is 5.95 Å². The molecular formula is C25H34N6O. The predicted molar refractivity (Wildman–Crippen MR) is 128 cm³/mol. The quantitative estimate of drug-likeness (QED) is 0.559. The molecule has 1 aliphatic rings. The Kier molecular flexibility index (Phi) is 6.46. The van der Waals surface area contributed by atoms with Crippen LogP contribution >= 0.6 is 0 Å². The third-order valence-electron chi connectivity index (χ3n) is 6.48. The molecule has 3 heterocycles. The Hall–Kier alpha value is -2.93. The third kappa shape index (κ3) is 4.35. The maximum absolute atomic E-state index is 5.33. The minimum Gasteiger partial charge on any atom is -0.497 e. The fraction of sp³-hybridized carbons (Fsp3) is 0.480. The predicted octanol–water partition coefficient (Wildman–Crippen LogP) is 4.04. The summed E-state index contributed by atoms with van der Waals surface area (Å²) in [6.45, 7) is 10.4. The molecule has 4 rings (SSSR count). The second-order valence-electron chi connectivity index (χ2n) is 8.78. The van der Waals surface area contributed by atoms with E-state index in [1.165, 1.54) is 11.3 Å². The highest BCUT2D eigenvalue weighted by Crippen LogP contribution is 2.35. The van der Waals surface area contributed by atoms with Crippen molar-refractivity contribution in [2.24, 2.45) is 0 Å². The molecule has 1 saturated heterocycles. The van der Waals surface area contributed by atoms with Gasteiger partial charge >= 0.3 is 0 Å². The maximum Gasteiger partial charge on any atom is 0.225 e. The van der Waals surface area contributed by atoms with Crippen molar-refractivity contribution < 1.29 is 4.74 Å². The van der Waals surface area contributed by atoms with Crippen molar-refractivity contribution in [1.82, 2.24) is 24.6 Å². The average molecular weight is 435 g/mol. The van der Waals surface area contributed by atoms with Crippen molar-refractivity contribution in [3.63, 3.8) is 0 Å². The molecule has 170 valence electrons. The van der Waals surface area contributed by atoms with Crippen LogP contribution in [0.15, 0.2) is 30.5 Å². The summed E-state index contributed by atoms with van der Waals surface area (Å²) in [4.78, 5) is 14.1. The van der Waals surface area contributed by atoms with Gasteiger partial charge in [0, 0.05) is 62.7 Å². The summed E-state index contributed by atoms with van der Waals surface area (Å²) in [7, 11) is 5.67. The van der Waals surface area contributed by atoms with Crippen molar-refractivity contribution in [1.29, 1.82) is 0 Å². The van der Waals surface area contributed by atoms with Crippen LogP contribution in [0.2, 0.25) is 0 Å². The fourth-order valence-corrected chi connectivity index (χ4v) is 4.60. The summed E-state index contributed by atoms with van der Waals surface area (Å²) >= 11 is 0. The van der Waals surface area contributed by atoms with Gasteiger partial charge in [0.1, 0.15) is 5.75 Å². The standard InChI is InChI=1S/C25H34N6O/c1-7-31-18(3)23(17(2)28-31)16-30-13-12-20(15-30)24-22(14-26-25(27-24)29(4)5)19-8-10-21(32-6)11-9-19/h8-11,14,20H,7,12-13,15-16H2,1-6H3. The van der Waals surface area contributed by atoms with E-state index in [0.717, 1.165) is 66.8 Å². The zero-order chi connectivity index (χ0) is 22.8.